The molecule has 0 heterocycles. The molecule has 0 radical (unpaired) electrons. The van der Waals surface area contributed by atoms with Gasteiger partial charge in [-0.2, -0.15) is 26.3 Å². The number of halogens is 6. The molecule has 1 aliphatic rings. The van der Waals surface area contributed by atoms with Crippen LogP contribution in [-0.4, -0.2) is 37.6 Å². The lowest BCUT2D eigenvalue weighted by Crippen LogP contribution is -2.77. The Morgan fingerprint density at radius 1 is 0.682 bits per heavy atom. The molecule has 0 spiro atoms. The first-order valence-electron chi connectivity index (χ1n) is 5.65. The Bertz CT molecular complexity index is 597. The van der Waals surface area contributed by atoms with Gasteiger partial charge in [0.15, 0.2) is 9.74 Å². The van der Waals surface area contributed by atoms with Gasteiger partial charge < -0.3 is 11.5 Å². The molecule has 1 saturated carbocycles. The van der Waals surface area contributed by atoms with Gasteiger partial charge in [0.1, 0.15) is 0 Å². The van der Waals surface area contributed by atoms with Crippen molar-refractivity contribution in [1.29, 1.82) is 0 Å². The van der Waals surface area contributed by atoms with Crippen LogP contribution in [0.3, 0.4) is 0 Å². The minimum absolute atomic E-state index is 0.321. The fourth-order valence-corrected chi connectivity index (χ4v) is 5.76. The molecule has 1 fully saturated rings. The van der Waals surface area contributed by atoms with E-state index < -0.39 is 53.3 Å². The lowest BCUT2D eigenvalue weighted by atomic mass is 9.90. The predicted molar refractivity (Wildman–Crippen MR) is 62.3 cm³/mol. The van der Waals surface area contributed by atoms with E-state index in [0.717, 1.165) is 0 Å². The molecular weight excluding hydrogens is 366 g/mol. The van der Waals surface area contributed by atoms with E-state index in [2.05, 4.69) is 0 Å². The topological polar surface area (TPSA) is 120 Å². The second-order valence-corrected chi connectivity index (χ2v) is 9.28. The third-order valence-corrected chi connectivity index (χ3v) is 8.03. The van der Waals surface area contributed by atoms with Crippen LogP contribution in [0.2, 0.25) is 0 Å². The molecule has 0 aromatic heterocycles. The van der Waals surface area contributed by atoms with Gasteiger partial charge in [-0.1, -0.05) is 12.8 Å². The molecule has 0 amide bonds. The van der Waals surface area contributed by atoms with Crippen LogP contribution in [0.15, 0.2) is 0 Å². The molecule has 2 atom stereocenters. The summed E-state index contributed by atoms with van der Waals surface area (Å²) in [6, 6.07) is 0. The first-order chi connectivity index (χ1) is 9.46. The van der Waals surface area contributed by atoms with Gasteiger partial charge in [-0.25, -0.2) is 16.8 Å². The van der Waals surface area contributed by atoms with Crippen molar-refractivity contribution >= 4 is 19.7 Å². The molecule has 1 aliphatic carbocycles. The van der Waals surface area contributed by atoms with E-state index in [4.69, 9.17) is 11.5 Å². The number of hydrogen-bond donors (Lipinski definition) is 2. The standard InChI is InChI=1S/C8H12F6N2O4S2/c9-7(10,11)21(17,18)5(15)3-1-2-4-6(5,16)22(19,20)8(12,13)14/h1-4,15-16H2/t5-,6-/m1/s1. The second-order valence-electron chi connectivity index (χ2n) is 4.88. The van der Waals surface area contributed by atoms with E-state index in [1.165, 1.54) is 0 Å². The van der Waals surface area contributed by atoms with E-state index in [9.17, 15) is 43.2 Å². The Balaban J connectivity index is 3.73. The summed E-state index contributed by atoms with van der Waals surface area (Å²) < 4.78 is 122. The van der Waals surface area contributed by atoms with Gasteiger partial charge in [-0.15, -0.1) is 0 Å². The van der Waals surface area contributed by atoms with Crippen LogP contribution >= 0.6 is 0 Å². The predicted octanol–water partition coefficient (Wildman–Crippen LogP) is 0.740. The van der Waals surface area contributed by atoms with Gasteiger partial charge in [0, 0.05) is 0 Å². The highest BCUT2D eigenvalue weighted by Crippen LogP contribution is 2.49. The van der Waals surface area contributed by atoms with Gasteiger partial charge in [-0.05, 0) is 12.8 Å². The van der Waals surface area contributed by atoms with Crippen molar-refractivity contribution in [2.45, 2.75) is 46.4 Å². The molecule has 6 nitrogen and oxygen atoms in total. The number of alkyl halides is 6. The fourth-order valence-electron chi connectivity index (χ4n) is 2.34. The first kappa shape index (κ1) is 19.4. The van der Waals surface area contributed by atoms with Gasteiger partial charge in [0.05, 0.1) is 0 Å². The van der Waals surface area contributed by atoms with E-state index in [1.54, 1.807) is 0 Å². The van der Waals surface area contributed by atoms with E-state index in [1.807, 2.05) is 0 Å². The average Bonchev–Trinajstić information content (AvgIpc) is 2.29. The Morgan fingerprint density at radius 2 is 0.909 bits per heavy atom. The highest BCUT2D eigenvalue weighted by atomic mass is 32.2. The van der Waals surface area contributed by atoms with Crippen molar-refractivity contribution in [3.63, 3.8) is 0 Å². The Kier molecular flexibility index (Phi) is 4.37. The molecule has 1 rings (SSSR count). The summed E-state index contributed by atoms with van der Waals surface area (Å²) in [4.78, 5) is -7.66. The molecule has 0 unspecified atom stereocenters. The lowest BCUT2D eigenvalue weighted by molar-refractivity contribution is -0.0521. The smallest absolute Gasteiger partial charge is 0.310 e. The van der Waals surface area contributed by atoms with Crippen LogP contribution in [0, 0.1) is 0 Å². The fraction of sp³-hybridized carbons (Fsp3) is 1.00. The van der Waals surface area contributed by atoms with Crippen molar-refractivity contribution in [2.75, 3.05) is 0 Å². The highest BCUT2D eigenvalue weighted by Gasteiger charge is 2.74. The third kappa shape index (κ3) is 2.30. The van der Waals surface area contributed by atoms with Crippen LogP contribution in [0.25, 0.3) is 0 Å². The summed E-state index contributed by atoms with van der Waals surface area (Å²) in [5.74, 6) is 0. The number of rotatable bonds is 2. The van der Waals surface area contributed by atoms with Crippen LogP contribution in [0.4, 0.5) is 26.3 Å². The highest BCUT2D eigenvalue weighted by molar-refractivity contribution is 7.97. The zero-order valence-corrected chi connectivity index (χ0v) is 12.3. The summed E-state index contributed by atoms with van der Waals surface area (Å²) in [5, 5.41) is 0. The largest absolute Gasteiger partial charge is 0.499 e. The molecule has 0 aromatic carbocycles. The van der Waals surface area contributed by atoms with Crippen molar-refractivity contribution in [2.24, 2.45) is 11.5 Å². The SMILES string of the molecule is N[C@@]1(S(=O)(=O)C(F)(F)F)CCCC[C@@]1(N)S(=O)(=O)C(F)(F)F. The monoisotopic (exact) mass is 378 g/mol. The third-order valence-electron chi connectivity index (χ3n) is 3.63. The van der Waals surface area contributed by atoms with E-state index in [0.29, 0.717) is 0 Å². The maximum absolute atomic E-state index is 12.7. The van der Waals surface area contributed by atoms with Crippen LogP contribution in [0.5, 0.6) is 0 Å². The Labute approximate surface area is 121 Å². The maximum Gasteiger partial charge on any atom is 0.499 e. The maximum atomic E-state index is 12.7. The Hall–Kier alpha value is -0.600. The molecule has 4 N–H and O–H groups in total. The van der Waals surface area contributed by atoms with Gasteiger partial charge in [-0.3, -0.25) is 0 Å². The number of sulfone groups is 2. The minimum Gasteiger partial charge on any atom is -0.310 e. The molecular formula is C8H12F6N2O4S2. The van der Waals surface area contributed by atoms with Gasteiger partial charge in [0.2, 0.25) is 0 Å². The summed E-state index contributed by atoms with van der Waals surface area (Å²) in [7, 11) is -13.0. The average molecular weight is 378 g/mol. The number of hydrogen-bond acceptors (Lipinski definition) is 6. The van der Waals surface area contributed by atoms with Crippen molar-refractivity contribution in [1.82, 2.24) is 0 Å². The van der Waals surface area contributed by atoms with Crippen molar-refractivity contribution in [3.05, 3.63) is 0 Å². The molecule has 0 saturated heterocycles. The lowest BCUT2D eigenvalue weighted by Gasteiger charge is -2.47. The van der Waals surface area contributed by atoms with Crippen LogP contribution in [0.1, 0.15) is 25.7 Å². The molecule has 132 valence electrons. The zero-order chi connectivity index (χ0) is 17.8. The van der Waals surface area contributed by atoms with Gasteiger partial charge in [0.25, 0.3) is 19.7 Å². The van der Waals surface area contributed by atoms with E-state index >= 15 is 0 Å². The molecule has 0 aliphatic heterocycles. The van der Waals surface area contributed by atoms with Gasteiger partial charge >= 0.3 is 11.0 Å². The quantitative estimate of drug-likeness (QED) is 0.684. The Morgan fingerprint density at radius 3 is 1.09 bits per heavy atom. The molecule has 22 heavy (non-hydrogen) atoms. The molecule has 0 bridgehead atoms. The van der Waals surface area contributed by atoms with Crippen molar-refractivity contribution in [3.8, 4) is 0 Å². The summed E-state index contributed by atoms with van der Waals surface area (Å²) in [6.07, 6.45) is -2.97. The summed E-state index contributed by atoms with van der Waals surface area (Å²) >= 11 is 0. The van der Waals surface area contributed by atoms with Crippen LogP contribution in [-0.2, 0) is 19.7 Å². The zero-order valence-electron chi connectivity index (χ0n) is 10.7. The minimum atomic E-state index is -6.48. The van der Waals surface area contributed by atoms with E-state index in [-0.39, 0.29) is 12.8 Å². The summed E-state index contributed by atoms with van der Waals surface area (Å²) in [5.41, 5.74) is -1.96. The number of nitrogens with two attached hydrogens (primary N) is 2. The molecule has 14 heteroatoms. The second kappa shape index (κ2) is 4.95. The summed E-state index contributed by atoms with van der Waals surface area (Å²) in [6.45, 7) is 0. The normalized spacial score (nSPS) is 32.0. The van der Waals surface area contributed by atoms with Crippen molar-refractivity contribution < 1.29 is 43.2 Å². The first-order valence-corrected chi connectivity index (χ1v) is 8.62. The molecule has 0 aromatic rings. The van der Waals surface area contributed by atoms with Crippen LogP contribution < -0.4 is 11.5 Å².